The van der Waals surface area contributed by atoms with Crippen molar-refractivity contribution in [2.45, 2.75) is 36.6 Å². The maximum absolute atomic E-state index is 3.45. The molecular formula is C10H18N2S. The molecule has 0 aliphatic carbocycles. The maximum Gasteiger partial charge on any atom is 0.0200 e. The second-order valence-electron chi connectivity index (χ2n) is 4.52. The summed E-state index contributed by atoms with van der Waals surface area (Å²) >= 11 is 2.20. The molecule has 0 radical (unpaired) electrons. The smallest absolute Gasteiger partial charge is 0.0200 e. The van der Waals surface area contributed by atoms with E-state index in [1.54, 1.807) is 0 Å². The second-order valence-corrected chi connectivity index (χ2v) is 5.86. The zero-order valence-electron chi connectivity index (χ0n) is 8.04. The van der Waals surface area contributed by atoms with E-state index in [2.05, 4.69) is 22.0 Å². The Morgan fingerprint density at radius 2 is 2.00 bits per heavy atom. The van der Waals surface area contributed by atoms with Gasteiger partial charge in [0, 0.05) is 29.6 Å². The van der Waals surface area contributed by atoms with E-state index in [-0.39, 0.29) is 0 Å². The van der Waals surface area contributed by atoms with Crippen molar-refractivity contribution in [2.75, 3.05) is 25.4 Å². The van der Waals surface area contributed by atoms with E-state index in [0.717, 1.165) is 17.3 Å². The summed E-state index contributed by atoms with van der Waals surface area (Å²) in [6.07, 6.45) is 4.25. The van der Waals surface area contributed by atoms with Crippen molar-refractivity contribution in [3.63, 3.8) is 0 Å². The number of nitrogens with one attached hydrogen (secondary N) is 1. The van der Waals surface area contributed by atoms with E-state index in [0.29, 0.717) is 0 Å². The molecule has 0 aromatic heterocycles. The third-order valence-corrected chi connectivity index (χ3v) is 5.11. The number of likely N-dealkylation sites (tertiary alicyclic amines) is 1. The van der Waals surface area contributed by atoms with Crippen LogP contribution in [0.25, 0.3) is 0 Å². The van der Waals surface area contributed by atoms with Crippen LogP contribution in [0, 0.1) is 0 Å². The van der Waals surface area contributed by atoms with Gasteiger partial charge in [0.25, 0.3) is 0 Å². The van der Waals surface area contributed by atoms with Gasteiger partial charge >= 0.3 is 0 Å². The average Bonchev–Trinajstić information content (AvgIpc) is 2.80. The van der Waals surface area contributed by atoms with Gasteiger partial charge in [-0.05, 0) is 32.4 Å². The summed E-state index contributed by atoms with van der Waals surface area (Å²) in [5, 5.41) is 4.44. The Hall–Kier alpha value is 0.270. The van der Waals surface area contributed by atoms with Gasteiger partial charge in [0.1, 0.15) is 0 Å². The molecule has 74 valence electrons. The molecule has 3 heterocycles. The molecule has 3 rings (SSSR count). The molecule has 2 nitrogen and oxygen atoms in total. The van der Waals surface area contributed by atoms with Gasteiger partial charge in [-0.1, -0.05) is 0 Å². The molecule has 1 N–H and O–H groups in total. The lowest BCUT2D eigenvalue weighted by Crippen LogP contribution is -2.47. The van der Waals surface area contributed by atoms with Crippen LogP contribution < -0.4 is 5.32 Å². The van der Waals surface area contributed by atoms with Crippen molar-refractivity contribution in [2.24, 2.45) is 0 Å². The lowest BCUT2D eigenvalue weighted by atomic mass is 10.0. The van der Waals surface area contributed by atoms with Gasteiger partial charge in [-0.3, -0.25) is 4.90 Å². The Kier molecular flexibility index (Phi) is 2.27. The molecule has 2 atom stereocenters. The van der Waals surface area contributed by atoms with Crippen LogP contribution in [0.2, 0.25) is 0 Å². The predicted molar refractivity (Wildman–Crippen MR) is 57.2 cm³/mol. The molecule has 0 amide bonds. The second kappa shape index (κ2) is 3.44. The monoisotopic (exact) mass is 198 g/mol. The third kappa shape index (κ3) is 1.51. The Morgan fingerprint density at radius 3 is 2.62 bits per heavy atom. The van der Waals surface area contributed by atoms with Crippen molar-refractivity contribution < 1.29 is 0 Å². The van der Waals surface area contributed by atoms with Crippen LogP contribution >= 0.6 is 11.8 Å². The first kappa shape index (κ1) is 8.57. The lowest BCUT2D eigenvalue weighted by Gasteiger charge is -2.37. The van der Waals surface area contributed by atoms with Gasteiger partial charge in [0.05, 0.1) is 0 Å². The molecule has 0 saturated carbocycles. The van der Waals surface area contributed by atoms with Gasteiger partial charge in [0.2, 0.25) is 0 Å². The number of hydrogen-bond acceptors (Lipinski definition) is 3. The molecule has 0 aromatic carbocycles. The van der Waals surface area contributed by atoms with E-state index < -0.39 is 0 Å². The number of rotatable bonds is 1. The summed E-state index contributed by atoms with van der Waals surface area (Å²) in [4.78, 5) is 2.81. The fraction of sp³-hybridized carbons (Fsp3) is 1.00. The quantitative estimate of drug-likeness (QED) is 0.675. The first-order chi connectivity index (χ1) is 6.43. The standard InChI is InChI=1S/C10H18N2S/c1-3-11-4-2-8(1)12-6-10-5-9(12)7-13-10/h8-11H,1-7H2. The zero-order chi connectivity index (χ0) is 8.67. The van der Waals surface area contributed by atoms with Crippen LogP contribution in [-0.2, 0) is 0 Å². The summed E-state index contributed by atoms with van der Waals surface area (Å²) < 4.78 is 0. The van der Waals surface area contributed by atoms with Crippen molar-refractivity contribution >= 4 is 11.8 Å². The van der Waals surface area contributed by atoms with Crippen LogP contribution in [0.4, 0.5) is 0 Å². The largest absolute Gasteiger partial charge is 0.317 e. The summed E-state index contributed by atoms with van der Waals surface area (Å²) in [5.41, 5.74) is 0. The fourth-order valence-electron chi connectivity index (χ4n) is 3.01. The third-order valence-electron chi connectivity index (χ3n) is 3.72. The van der Waals surface area contributed by atoms with Crippen LogP contribution in [0.3, 0.4) is 0 Å². The van der Waals surface area contributed by atoms with Crippen LogP contribution in [-0.4, -0.2) is 47.6 Å². The molecule has 0 aromatic rings. The number of nitrogens with zero attached hydrogens (tertiary/aromatic N) is 1. The number of hydrogen-bond donors (Lipinski definition) is 1. The van der Waals surface area contributed by atoms with Gasteiger partial charge in [-0.15, -0.1) is 0 Å². The molecule has 3 aliphatic rings. The average molecular weight is 198 g/mol. The van der Waals surface area contributed by atoms with E-state index in [1.807, 2.05) is 0 Å². The molecule has 2 bridgehead atoms. The number of piperidine rings is 1. The highest BCUT2D eigenvalue weighted by Crippen LogP contribution is 2.39. The highest BCUT2D eigenvalue weighted by atomic mass is 32.2. The van der Waals surface area contributed by atoms with E-state index in [9.17, 15) is 0 Å². The topological polar surface area (TPSA) is 15.3 Å². The van der Waals surface area contributed by atoms with Crippen LogP contribution in [0.1, 0.15) is 19.3 Å². The normalized spacial score (nSPS) is 41.5. The van der Waals surface area contributed by atoms with Gasteiger partial charge in [-0.2, -0.15) is 11.8 Å². The molecule has 3 heteroatoms. The Labute approximate surface area is 84.4 Å². The summed E-state index contributed by atoms with van der Waals surface area (Å²) in [6, 6.07) is 1.86. The first-order valence-corrected chi connectivity index (χ1v) is 6.56. The molecule has 3 aliphatic heterocycles. The molecule has 3 fully saturated rings. The summed E-state index contributed by atoms with van der Waals surface area (Å²) in [6.45, 7) is 3.87. The SMILES string of the molecule is C1CC(N2CC3CC2CS3)CCN1. The highest BCUT2D eigenvalue weighted by Gasteiger charge is 2.41. The van der Waals surface area contributed by atoms with Gasteiger partial charge < -0.3 is 5.32 Å². The lowest BCUT2D eigenvalue weighted by molar-refractivity contribution is 0.157. The van der Waals surface area contributed by atoms with Gasteiger partial charge in [-0.25, -0.2) is 0 Å². The van der Waals surface area contributed by atoms with Crippen molar-refractivity contribution in [3.05, 3.63) is 0 Å². The van der Waals surface area contributed by atoms with Crippen molar-refractivity contribution in [1.29, 1.82) is 0 Å². The number of thioether (sulfide) groups is 1. The minimum Gasteiger partial charge on any atom is -0.317 e. The zero-order valence-corrected chi connectivity index (χ0v) is 8.85. The van der Waals surface area contributed by atoms with Crippen molar-refractivity contribution in [1.82, 2.24) is 10.2 Å². The van der Waals surface area contributed by atoms with Crippen LogP contribution in [0.5, 0.6) is 0 Å². The molecular weight excluding hydrogens is 180 g/mol. The maximum atomic E-state index is 3.45. The fourth-order valence-corrected chi connectivity index (χ4v) is 4.47. The summed E-state index contributed by atoms with van der Waals surface area (Å²) in [5.74, 6) is 1.41. The Bertz CT molecular complexity index is 191. The molecule has 13 heavy (non-hydrogen) atoms. The van der Waals surface area contributed by atoms with E-state index in [1.165, 1.54) is 44.6 Å². The molecule has 0 spiro atoms. The minimum absolute atomic E-state index is 0.914. The molecule has 3 saturated heterocycles. The van der Waals surface area contributed by atoms with E-state index >= 15 is 0 Å². The van der Waals surface area contributed by atoms with Gasteiger partial charge in [0.15, 0.2) is 0 Å². The Morgan fingerprint density at radius 1 is 1.15 bits per heavy atom. The first-order valence-electron chi connectivity index (χ1n) is 5.51. The number of fused-ring (bicyclic) bond motifs is 2. The summed E-state index contributed by atoms with van der Waals surface area (Å²) in [7, 11) is 0. The van der Waals surface area contributed by atoms with Crippen molar-refractivity contribution in [3.8, 4) is 0 Å². The van der Waals surface area contributed by atoms with E-state index in [4.69, 9.17) is 0 Å². The van der Waals surface area contributed by atoms with Crippen LogP contribution in [0.15, 0.2) is 0 Å². The highest BCUT2D eigenvalue weighted by molar-refractivity contribution is 8.00. The predicted octanol–water partition coefficient (Wildman–Crippen LogP) is 0.928. The Balaban J connectivity index is 1.65. The molecule has 2 unspecified atom stereocenters. The minimum atomic E-state index is 0.914.